The van der Waals surface area contributed by atoms with Gasteiger partial charge in [-0.2, -0.15) is 0 Å². The molecule has 1 unspecified atom stereocenters. The van der Waals surface area contributed by atoms with Crippen molar-refractivity contribution < 1.29 is 0 Å². The summed E-state index contributed by atoms with van der Waals surface area (Å²) in [6, 6.07) is 12.0. The normalized spacial score (nSPS) is 16.8. The second-order valence-corrected chi connectivity index (χ2v) is 4.99. The van der Waals surface area contributed by atoms with Gasteiger partial charge in [-0.1, -0.05) is 43.3 Å². The number of hydrogen-bond donors (Lipinski definition) is 1. The van der Waals surface area contributed by atoms with Gasteiger partial charge in [-0.25, -0.2) is 0 Å². The minimum absolute atomic E-state index is 0.454. The van der Waals surface area contributed by atoms with Crippen molar-refractivity contribution in [1.82, 2.24) is 10.2 Å². The first-order valence-corrected chi connectivity index (χ1v) is 6.98. The van der Waals surface area contributed by atoms with Crippen molar-refractivity contribution >= 4 is 0 Å². The summed E-state index contributed by atoms with van der Waals surface area (Å²) in [5, 5.41) is 3.65. The minimum atomic E-state index is 0.454. The Kier molecular flexibility index (Phi) is 4.97. The van der Waals surface area contributed by atoms with Gasteiger partial charge in [0.05, 0.1) is 0 Å². The predicted octanol–water partition coefficient (Wildman–Crippen LogP) is 2.99. The summed E-state index contributed by atoms with van der Waals surface area (Å²) in [5.41, 5.74) is 1.40. The third-order valence-electron chi connectivity index (χ3n) is 3.57. The van der Waals surface area contributed by atoms with Crippen molar-refractivity contribution in [2.24, 2.45) is 0 Å². The molecule has 1 atom stereocenters. The number of nitrogens with zero attached hydrogens (tertiary/aromatic N) is 1. The molecule has 0 heterocycles. The van der Waals surface area contributed by atoms with E-state index in [9.17, 15) is 0 Å². The molecule has 1 N–H and O–H groups in total. The van der Waals surface area contributed by atoms with Crippen molar-refractivity contribution in [3.8, 4) is 0 Å². The highest BCUT2D eigenvalue weighted by Crippen LogP contribution is 2.23. The quantitative estimate of drug-likeness (QED) is 0.707. The van der Waals surface area contributed by atoms with E-state index in [1.165, 1.54) is 18.4 Å². The second kappa shape index (κ2) is 6.72. The Labute approximate surface area is 111 Å². The van der Waals surface area contributed by atoms with Gasteiger partial charge in [-0.05, 0) is 24.9 Å². The fraction of sp³-hybridized carbons (Fsp3) is 0.500. The average molecular weight is 244 g/mol. The van der Waals surface area contributed by atoms with Crippen molar-refractivity contribution in [1.29, 1.82) is 0 Å². The zero-order valence-electron chi connectivity index (χ0n) is 11.3. The van der Waals surface area contributed by atoms with E-state index < -0.39 is 0 Å². The zero-order chi connectivity index (χ0) is 12.8. The lowest BCUT2D eigenvalue weighted by Crippen LogP contribution is -2.36. The molecule has 18 heavy (non-hydrogen) atoms. The summed E-state index contributed by atoms with van der Waals surface area (Å²) in [4.78, 5) is 2.47. The van der Waals surface area contributed by atoms with Gasteiger partial charge in [0, 0.05) is 25.2 Å². The molecule has 1 aliphatic carbocycles. The molecule has 1 aromatic rings. The highest BCUT2D eigenvalue weighted by Gasteiger charge is 2.24. The van der Waals surface area contributed by atoms with Crippen LogP contribution in [0, 0.1) is 0 Å². The molecule has 0 bridgehead atoms. The van der Waals surface area contributed by atoms with Gasteiger partial charge in [0.1, 0.15) is 0 Å². The first-order valence-electron chi connectivity index (χ1n) is 6.98. The van der Waals surface area contributed by atoms with Gasteiger partial charge in [-0.15, -0.1) is 6.58 Å². The lowest BCUT2D eigenvalue weighted by Gasteiger charge is -2.30. The summed E-state index contributed by atoms with van der Waals surface area (Å²) in [5.74, 6) is 0. The van der Waals surface area contributed by atoms with Gasteiger partial charge >= 0.3 is 0 Å². The van der Waals surface area contributed by atoms with Crippen molar-refractivity contribution in [2.45, 2.75) is 31.8 Å². The van der Waals surface area contributed by atoms with E-state index >= 15 is 0 Å². The average Bonchev–Trinajstić information content (AvgIpc) is 3.23. The maximum atomic E-state index is 3.87. The molecule has 2 heteroatoms. The van der Waals surface area contributed by atoms with Gasteiger partial charge in [0.2, 0.25) is 0 Å². The van der Waals surface area contributed by atoms with Crippen LogP contribution in [0.1, 0.15) is 31.4 Å². The Bertz CT molecular complexity index is 357. The third-order valence-corrected chi connectivity index (χ3v) is 3.57. The molecule has 2 rings (SSSR count). The first kappa shape index (κ1) is 13.3. The molecule has 0 aliphatic heterocycles. The Morgan fingerprint density at radius 1 is 1.39 bits per heavy atom. The van der Waals surface area contributed by atoms with Crippen LogP contribution >= 0.6 is 0 Å². The van der Waals surface area contributed by atoms with Gasteiger partial charge < -0.3 is 5.32 Å². The van der Waals surface area contributed by atoms with Crippen LogP contribution in [0.2, 0.25) is 0 Å². The summed E-state index contributed by atoms with van der Waals surface area (Å²) < 4.78 is 0. The largest absolute Gasteiger partial charge is 0.312 e. The van der Waals surface area contributed by atoms with E-state index in [4.69, 9.17) is 0 Å². The number of nitrogens with one attached hydrogen (secondary N) is 1. The maximum absolute atomic E-state index is 3.87. The van der Waals surface area contributed by atoms with E-state index in [0.29, 0.717) is 6.04 Å². The Morgan fingerprint density at radius 2 is 2.11 bits per heavy atom. The molecule has 1 saturated carbocycles. The van der Waals surface area contributed by atoms with Crippen molar-refractivity contribution in [3.63, 3.8) is 0 Å². The molecule has 1 aromatic carbocycles. The molecule has 2 nitrogen and oxygen atoms in total. The van der Waals surface area contributed by atoms with Crippen molar-refractivity contribution in [2.75, 3.05) is 19.6 Å². The maximum Gasteiger partial charge on any atom is 0.0475 e. The van der Waals surface area contributed by atoms with E-state index in [0.717, 1.165) is 25.7 Å². The third kappa shape index (κ3) is 3.69. The topological polar surface area (TPSA) is 15.3 Å². The van der Waals surface area contributed by atoms with Crippen LogP contribution in [0.15, 0.2) is 43.0 Å². The molecule has 0 aromatic heterocycles. The Balaban J connectivity index is 2.06. The summed E-state index contributed by atoms with van der Waals surface area (Å²) in [6.45, 7) is 9.13. The van der Waals surface area contributed by atoms with Crippen LogP contribution in [0.25, 0.3) is 0 Å². The number of likely N-dealkylation sites (N-methyl/N-ethyl adjacent to an activating group) is 1. The molecule has 1 aliphatic rings. The van der Waals surface area contributed by atoms with Crippen LogP contribution in [0.5, 0.6) is 0 Å². The Hall–Kier alpha value is -1.12. The van der Waals surface area contributed by atoms with Gasteiger partial charge in [0.15, 0.2) is 0 Å². The van der Waals surface area contributed by atoms with Gasteiger partial charge in [0.25, 0.3) is 0 Å². The van der Waals surface area contributed by atoms with Gasteiger partial charge in [-0.3, -0.25) is 4.90 Å². The zero-order valence-corrected chi connectivity index (χ0v) is 11.3. The van der Waals surface area contributed by atoms with E-state index in [1.54, 1.807) is 0 Å². The summed E-state index contributed by atoms with van der Waals surface area (Å²) >= 11 is 0. The SMILES string of the molecule is C=CCN(CC)C(CNC1CC1)c1ccccc1. The predicted molar refractivity (Wildman–Crippen MR) is 77.7 cm³/mol. The lowest BCUT2D eigenvalue weighted by molar-refractivity contribution is 0.224. The van der Waals surface area contributed by atoms with Crippen LogP contribution in [-0.4, -0.2) is 30.6 Å². The Morgan fingerprint density at radius 3 is 2.67 bits per heavy atom. The molecule has 0 amide bonds. The van der Waals surface area contributed by atoms with E-state index in [2.05, 4.69) is 54.1 Å². The fourth-order valence-corrected chi connectivity index (χ4v) is 2.34. The highest BCUT2D eigenvalue weighted by atomic mass is 15.2. The fourth-order valence-electron chi connectivity index (χ4n) is 2.34. The molecule has 0 spiro atoms. The molecule has 98 valence electrons. The van der Waals surface area contributed by atoms with Crippen LogP contribution in [0.4, 0.5) is 0 Å². The molecule has 1 fully saturated rings. The summed E-state index contributed by atoms with van der Waals surface area (Å²) in [7, 11) is 0. The highest BCUT2D eigenvalue weighted by molar-refractivity contribution is 5.19. The van der Waals surface area contributed by atoms with Crippen molar-refractivity contribution in [3.05, 3.63) is 48.6 Å². The molecule has 0 saturated heterocycles. The monoisotopic (exact) mass is 244 g/mol. The molecule has 0 radical (unpaired) electrons. The molecular formula is C16H24N2. The summed E-state index contributed by atoms with van der Waals surface area (Å²) in [6.07, 6.45) is 4.68. The van der Waals surface area contributed by atoms with Crippen LogP contribution in [-0.2, 0) is 0 Å². The van der Waals surface area contributed by atoms with Crippen LogP contribution < -0.4 is 5.32 Å². The number of rotatable bonds is 8. The smallest absolute Gasteiger partial charge is 0.0475 e. The minimum Gasteiger partial charge on any atom is -0.312 e. The first-order chi connectivity index (χ1) is 8.85. The molecular weight excluding hydrogens is 220 g/mol. The lowest BCUT2D eigenvalue weighted by atomic mass is 10.0. The van der Waals surface area contributed by atoms with E-state index in [-0.39, 0.29) is 0 Å². The second-order valence-electron chi connectivity index (χ2n) is 4.99. The van der Waals surface area contributed by atoms with Crippen LogP contribution in [0.3, 0.4) is 0 Å². The number of hydrogen-bond acceptors (Lipinski definition) is 2. The van der Waals surface area contributed by atoms with E-state index in [1.807, 2.05) is 6.08 Å². The standard InChI is InChI=1S/C16H24N2/c1-3-12-18(4-2)16(13-17-15-10-11-15)14-8-6-5-7-9-14/h3,5-9,15-17H,1,4,10-13H2,2H3. The number of benzene rings is 1.